The number of carbonyl (C=O) groups is 2. The van der Waals surface area contributed by atoms with Gasteiger partial charge >= 0.3 is 5.97 Å². The zero-order chi connectivity index (χ0) is 35.1. The van der Waals surface area contributed by atoms with Crippen molar-refractivity contribution in [3.8, 4) is 11.5 Å². The number of benzene rings is 2. The Morgan fingerprint density at radius 2 is 1.86 bits per heavy atom. The van der Waals surface area contributed by atoms with E-state index in [1.807, 2.05) is 0 Å². The molecule has 2 aromatic rings. The third-order valence-corrected chi connectivity index (χ3v) is 13.5. The lowest BCUT2D eigenvalue weighted by atomic mass is 9.56. The number of carboxylic acids is 1. The lowest BCUT2D eigenvalue weighted by Crippen LogP contribution is -2.69. The van der Waals surface area contributed by atoms with Crippen molar-refractivity contribution in [2.45, 2.75) is 82.6 Å². The molecular formula is C35H46O12S2. The molecule has 0 aromatic heterocycles. The predicted octanol–water partition coefficient (Wildman–Crippen LogP) is 3.89. The number of aromatic carboxylic acids is 1. The highest BCUT2D eigenvalue weighted by Gasteiger charge is 2.59. The summed E-state index contributed by atoms with van der Waals surface area (Å²) in [6.45, 7) is 3.67. The van der Waals surface area contributed by atoms with E-state index < -0.39 is 54.3 Å². The maximum Gasteiger partial charge on any atom is 0.335 e. The topological polar surface area (TPSA) is 192 Å². The number of aryl methyl sites for hydroxylation is 1. The molecule has 0 amide bonds. The second-order valence-corrected chi connectivity index (χ2v) is 16.5. The fourth-order valence-electron chi connectivity index (χ4n) is 9.06. The van der Waals surface area contributed by atoms with Crippen LogP contribution in [0.2, 0.25) is 0 Å². The molecule has 0 radical (unpaired) electrons. The number of phenolic OH excluding ortho intramolecular Hbond substituents is 1. The second kappa shape index (κ2) is 14.8. The molecule has 6 rings (SSSR count). The van der Waals surface area contributed by atoms with Gasteiger partial charge in [-0.25, -0.2) is 4.79 Å². The first-order valence-electron chi connectivity index (χ1n) is 16.9. The van der Waals surface area contributed by atoms with Gasteiger partial charge < -0.3 is 49.6 Å². The summed E-state index contributed by atoms with van der Waals surface area (Å²) in [5.74, 6) is -0.474. The van der Waals surface area contributed by atoms with Crippen LogP contribution < -0.4 is 4.74 Å². The van der Waals surface area contributed by atoms with E-state index in [0.29, 0.717) is 43.5 Å². The number of hydrogen-bond donors (Lipinski definition) is 6. The number of fused-ring (bicyclic) bond motifs is 1. The first kappa shape index (κ1) is 36.6. The summed E-state index contributed by atoms with van der Waals surface area (Å²) >= 11 is 0. The van der Waals surface area contributed by atoms with Crippen LogP contribution in [0.1, 0.15) is 71.7 Å². The van der Waals surface area contributed by atoms with Gasteiger partial charge in [0.1, 0.15) is 41.4 Å². The van der Waals surface area contributed by atoms with Crippen LogP contribution >= 0.6 is 21.6 Å². The summed E-state index contributed by atoms with van der Waals surface area (Å²) in [5, 5.41) is 65.7. The minimum Gasteiger partial charge on any atom is -0.506 e. The van der Waals surface area contributed by atoms with Gasteiger partial charge in [-0.1, -0.05) is 40.5 Å². The van der Waals surface area contributed by atoms with Gasteiger partial charge in [-0.2, -0.15) is 0 Å². The molecule has 0 unspecified atom stereocenters. The van der Waals surface area contributed by atoms with Crippen LogP contribution in [0.15, 0.2) is 18.2 Å². The molecule has 4 fully saturated rings. The lowest BCUT2D eigenvalue weighted by molar-refractivity contribution is -0.323. The molecule has 6 N–H and O–H groups in total. The van der Waals surface area contributed by atoms with Crippen LogP contribution in [0.3, 0.4) is 0 Å². The fourth-order valence-corrected chi connectivity index (χ4v) is 11.4. The third kappa shape index (κ3) is 6.69. The van der Waals surface area contributed by atoms with Gasteiger partial charge in [0.15, 0.2) is 5.78 Å². The zero-order valence-corrected chi connectivity index (χ0v) is 29.3. The van der Waals surface area contributed by atoms with Crippen molar-refractivity contribution in [1.82, 2.24) is 0 Å². The van der Waals surface area contributed by atoms with E-state index in [1.54, 1.807) is 23.8 Å². The molecule has 12 nitrogen and oxygen atoms in total. The van der Waals surface area contributed by atoms with Crippen LogP contribution in [-0.4, -0.2) is 111 Å². The van der Waals surface area contributed by atoms with Crippen molar-refractivity contribution in [3.63, 3.8) is 0 Å². The molecule has 4 aliphatic rings. The van der Waals surface area contributed by atoms with E-state index in [0.717, 1.165) is 31.1 Å². The minimum atomic E-state index is -1.70. The minimum absolute atomic E-state index is 0.0384. The summed E-state index contributed by atoms with van der Waals surface area (Å²) < 4.78 is 24.8. The standard InChI is InChI=1S/C35H46O12S2/c1-18-10-22-11-23(32(42)43)12-24(27(22)29(39)26(18)19(2)38)46-33-30(40)31(41)35(25(13-37)47-33)7-6-20-4-3-5-21-14-44-15-34(8-9-36,28(20)21)16-48-49-17-45-35/h10-12,20-21,25,28,30-31,33,36-37,39-41H,3-9,13-17H2,1-2H3,(H,42,43)/t20-,21-,25-,28+,30-,31-,33+,34-,35+/m1/s1. The molecule has 1 aliphatic carbocycles. The van der Waals surface area contributed by atoms with Gasteiger partial charge in [0.25, 0.3) is 0 Å². The molecule has 3 heterocycles. The van der Waals surface area contributed by atoms with Crippen molar-refractivity contribution in [3.05, 3.63) is 34.9 Å². The number of ketones is 1. The summed E-state index contributed by atoms with van der Waals surface area (Å²) in [6, 6.07) is 4.07. The predicted molar refractivity (Wildman–Crippen MR) is 183 cm³/mol. The monoisotopic (exact) mass is 722 g/mol. The molecular weight excluding hydrogens is 677 g/mol. The van der Waals surface area contributed by atoms with Gasteiger partial charge in [0, 0.05) is 24.4 Å². The Balaban J connectivity index is 1.33. The SMILES string of the molecule is CC(=O)c1c(C)cc2cc(C(=O)O)cc(O[C@H]3O[C@H](CO)[C@@]4(CC[C@H]5CCC[C@@H]6COC[C@](CCO)(CSSCO4)[C@@H]56)[C@H](O)[C@H]3O)c2c1O. The Kier molecular flexibility index (Phi) is 11.1. The number of carboxylic acid groups (broad SMARTS) is 1. The van der Waals surface area contributed by atoms with Crippen LogP contribution in [0, 0.1) is 30.1 Å². The third-order valence-electron chi connectivity index (χ3n) is 11.2. The smallest absolute Gasteiger partial charge is 0.335 e. The summed E-state index contributed by atoms with van der Waals surface area (Å²) in [4.78, 5) is 24.5. The van der Waals surface area contributed by atoms with Crippen molar-refractivity contribution >= 4 is 44.1 Å². The van der Waals surface area contributed by atoms with Crippen LogP contribution in [0.25, 0.3) is 10.8 Å². The first-order valence-corrected chi connectivity index (χ1v) is 19.4. The Bertz CT molecular complexity index is 1540. The average Bonchev–Trinajstić information content (AvgIpc) is 3.09. The van der Waals surface area contributed by atoms with Crippen molar-refractivity contribution < 1.29 is 59.2 Å². The maximum atomic E-state index is 12.4. The number of aromatic hydroxyl groups is 1. The summed E-state index contributed by atoms with van der Waals surface area (Å²) in [5.41, 5.74) is -1.40. The molecule has 2 aromatic carbocycles. The van der Waals surface area contributed by atoms with Crippen molar-refractivity contribution in [2.75, 3.05) is 38.1 Å². The first-order chi connectivity index (χ1) is 23.5. The number of rotatable bonds is 7. The van der Waals surface area contributed by atoms with Gasteiger partial charge in [-0.3, -0.25) is 4.79 Å². The molecule has 3 aliphatic heterocycles. The van der Waals surface area contributed by atoms with Gasteiger partial charge in [-0.15, -0.1) is 0 Å². The molecule has 3 saturated heterocycles. The molecule has 1 spiro atoms. The Labute approximate surface area is 292 Å². The number of aliphatic hydroxyl groups excluding tert-OH is 4. The highest BCUT2D eigenvalue weighted by Crippen LogP contribution is 2.55. The summed E-state index contributed by atoms with van der Waals surface area (Å²) in [6.07, 6.45) is -1.43. The van der Waals surface area contributed by atoms with E-state index in [9.17, 15) is 40.2 Å². The number of Topliss-reactive ketones (excluding diaryl/α,β-unsaturated/α-hetero) is 1. The quantitative estimate of drug-likeness (QED) is 0.178. The number of carbonyl (C=O) groups excluding carboxylic acids is 1. The lowest BCUT2D eigenvalue weighted by Gasteiger charge is -2.54. The molecule has 270 valence electrons. The average molecular weight is 723 g/mol. The van der Waals surface area contributed by atoms with E-state index in [-0.39, 0.29) is 57.9 Å². The fraction of sp³-hybridized carbons (Fsp3) is 0.657. The highest BCUT2D eigenvalue weighted by molar-refractivity contribution is 8.76. The van der Waals surface area contributed by atoms with Gasteiger partial charge in [0.2, 0.25) is 6.29 Å². The maximum absolute atomic E-state index is 12.4. The number of hydrogen-bond acceptors (Lipinski definition) is 13. The van der Waals surface area contributed by atoms with E-state index in [1.165, 1.54) is 23.8 Å². The number of ether oxygens (including phenoxy) is 4. The van der Waals surface area contributed by atoms with Crippen LogP contribution in [0.5, 0.6) is 11.5 Å². The van der Waals surface area contributed by atoms with Crippen LogP contribution in [0.4, 0.5) is 0 Å². The number of phenols is 1. The molecule has 9 atom stereocenters. The largest absolute Gasteiger partial charge is 0.506 e. The molecule has 14 heteroatoms. The van der Waals surface area contributed by atoms with E-state index >= 15 is 0 Å². The van der Waals surface area contributed by atoms with E-state index in [4.69, 9.17) is 18.9 Å². The van der Waals surface area contributed by atoms with Gasteiger partial charge in [-0.05, 0) is 80.4 Å². The molecule has 49 heavy (non-hydrogen) atoms. The highest BCUT2D eigenvalue weighted by atomic mass is 33.1. The van der Waals surface area contributed by atoms with Crippen molar-refractivity contribution in [1.29, 1.82) is 0 Å². The Hall–Kier alpha value is -2.14. The normalized spacial score (nSPS) is 35.3. The zero-order valence-electron chi connectivity index (χ0n) is 27.7. The molecule has 1 saturated carbocycles. The molecule has 0 bridgehead atoms. The number of aliphatic hydroxyl groups is 4. The Morgan fingerprint density at radius 1 is 1.08 bits per heavy atom. The van der Waals surface area contributed by atoms with E-state index in [2.05, 4.69) is 0 Å². The van der Waals surface area contributed by atoms with Crippen molar-refractivity contribution in [2.24, 2.45) is 23.2 Å². The second-order valence-electron chi connectivity index (χ2n) is 14.0. The summed E-state index contributed by atoms with van der Waals surface area (Å²) in [7, 11) is 3.08. The van der Waals surface area contributed by atoms with Gasteiger partial charge in [0.05, 0.1) is 29.7 Å². The Morgan fingerprint density at radius 3 is 2.57 bits per heavy atom. The van der Waals surface area contributed by atoms with Crippen LogP contribution in [-0.2, 0) is 14.2 Å².